The van der Waals surface area contributed by atoms with Crippen molar-refractivity contribution in [3.05, 3.63) is 71.8 Å². The smallest absolute Gasteiger partial charge is 0.250 e. The lowest BCUT2D eigenvalue weighted by Gasteiger charge is -2.18. The molecule has 0 aliphatic carbocycles. The monoisotopic (exact) mass is 363 g/mol. The summed E-state index contributed by atoms with van der Waals surface area (Å²) in [6, 6.07) is 18.0. The molecule has 26 heavy (non-hydrogen) atoms. The standard InChI is InChI=1S/C21H21N3OS/c1-21(2,3)17-12-9-15(10-13-17)11-14-18(25)22-20-24-23-19(26-20)16-7-5-4-6-8-16/h4-14H,1-3H3,(H,22,24,25)/b14-11+. The van der Waals surface area contributed by atoms with Gasteiger partial charge in [-0.15, -0.1) is 10.2 Å². The minimum atomic E-state index is -0.222. The van der Waals surface area contributed by atoms with Gasteiger partial charge in [-0.1, -0.05) is 86.7 Å². The lowest BCUT2D eigenvalue weighted by Crippen LogP contribution is -2.10. The number of hydrogen-bond acceptors (Lipinski definition) is 4. The minimum absolute atomic E-state index is 0.119. The van der Waals surface area contributed by atoms with Crippen LogP contribution in [0.5, 0.6) is 0 Å². The molecule has 0 aliphatic heterocycles. The number of aromatic nitrogens is 2. The number of hydrogen-bond donors (Lipinski definition) is 1. The van der Waals surface area contributed by atoms with E-state index in [1.54, 1.807) is 6.08 Å². The van der Waals surface area contributed by atoms with E-state index < -0.39 is 0 Å². The molecule has 1 heterocycles. The molecule has 2 aromatic carbocycles. The van der Waals surface area contributed by atoms with Crippen LogP contribution in [0, 0.1) is 0 Å². The fourth-order valence-corrected chi connectivity index (χ4v) is 3.14. The molecule has 4 nitrogen and oxygen atoms in total. The fourth-order valence-electron chi connectivity index (χ4n) is 2.38. The van der Waals surface area contributed by atoms with E-state index in [0.29, 0.717) is 5.13 Å². The van der Waals surface area contributed by atoms with E-state index >= 15 is 0 Å². The molecule has 0 unspecified atom stereocenters. The highest BCUT2D eigenvalue weighted by Crippen LogP contribution is 2.26. The Hall–Kier alpha value is -2.79. The van der Waals surface area contributed by atoms with Crippen molar-refractivity contribution in [2.45, 2.75) is 26.2 Å². The fraction of sp³-hybridized carbons (Fsp3) is 0.190. The Morgan fingerprint density at radius 1 is 1.00 bits per heavy atom. The lowest BCUT2D eigenvalue weighted by molar-refractivity contribution is -0.111. The highest BCUT2D eigenvalue weighted by molar-refractivity contribution is 7.18. The summed E-state index contributed by atoms with van der Waals surface area (Å²) in [4.78, 5) is 12.1. The first-order valence-corrected chi connectivity index (χ1v) is 9.22. The number of anilines is 1. The third kappa shape index (κ3) is 4.64. The zero-order chi connectivity index (χ0) is 18.6. The van der Waals surface area contributed by atoms with Gasteiger partial charge in [-0.2, -0.15) is 0 Å². The molecule has 0 aliphatic rings. The van der Waals surface area contributed by atoms with Gasteiger partial charge in [0, 0.05) is 11.6 Å². The molecule has 1 N–H and O–H groups in total. The van der Waals surface area contributed by atoms with Gasteiger partial charge in [0.2, 0.25) is 11.0 Å². The molecule has 0 saturated carbocycles. The Bertz CT molecular complexity index is 906. The highest BCUT2D eigenvalue weighted by atomic mass is 32.1. The quantitative estimate of drug-likeness (QED) is 0.652. The molecule has 0 bridgehead atoms. The van der Waals surface area contributed by atoms with E-state index in [4.69, 9.17) is 0 Å². The Labute approximate surface area is 157 Å². The van der Waals surface area contributed by atoms with Crippen LogP contribution in [-0.4, -0.2) is 16.1 Å². The third-order valence-corrected chi connectivity index (χ3v) is 4.77. The second-order valence-corrected chi connectivity index (χ2v) is 7.95. The highest BCUT2D eigenvalue weighted by Gasteiger charge is 2.12. The molecule has 3 rings (SSSR count). The second kappa shape index (κ2) is 7.62. The summed E-state index contributed by atoms with van der Waals surface area (Å²) in [5.41, 5.74) is 3.35. The predicted molar refractivity (Wildman–Crippen MR) is 108 cm³/mol. The van der Waals surface area contributed by atoms with Gasteiger partial charge in [0.25, 0.3) is 0 Å². The average molecular weight is 363 g/mol. The molecule has 1 aromatic heterocycles. The molecular formula is C21H21N3OS. The van der Waals surface area contributed by atoms with Crippen LogP contribution in [0.4, 0.5) is 5.13 Å². The number of rotatable bonds is 4. The number of carbonyl (C=O) groups excluding carboxylic acids is 1. The van der Waals surface area contributed by atoms with Gasteiger partial charge in [-0.3, -0.25) is 10.1 Å². The van der Waals surface area contributed by atoms with Crippen LogP contribution >= 0.6 is 11.3 Å². The van der Waals surface area contributed by atoms with E-state index in [9.17, 15) is 4.79 Å². The summed E-state index contributed by atoms with van der Waals surface area (Å²) in [7, 11) is 0. The number of benzene rings is 2. The van der Waals surface area contributed by atoms with Crippen LogP contribution in [0.3, 0.4) is 0 Å². The van der Waals surface area contributed by atoms with Gasteiger partial charge in [-0.05, 0) is 22.6 Å². The molecule has 3 aromatic rings. The van der Waals surface area contributed by atoms with Crippen molar-refractivity contribution in [1.82, 2.24) is 10.2 Å². The molecule has 0 fully saturated rings. The normalized spacial score (nSPS) is 11.7. The first kappa shape index (κ1) is 18.0. The second-order valence-electron chi connectivity index (χ2n) is 6.97. The molecule has 0 spiro atoms. The first-order chi connectivity index (χ1) is 12.4. The van der Waals surface area contributed by atoms with E-state index in [1.165, 1.54) is 23.0 Å². The number of amides is 1. The Morgan fingerprint density at radius 2 is 1.69 bits per heavy atom. The molecular weight excluding hydrogens is 342 g/mol. The molecule has 1 amide bonds. The number of nitrogens with one attached hydrogen (secondary N) is 1. The topological polar surface area (TPSA) is 54.9 Å². The molecule has 132 valence electrons. The van der Waals surface area contributed by atoms with E-state index in [-0.39, 0.29) is 11.3 Å². The zero-order valence-electron chi connectivity index (χ0n) is 15.1. The summed E-state index contributed by atoms with van der Waals surface area (Å²) in [5.74, 6) is -0.222. The Kier molecular flexibility index (Phi) is 5.28. The van der Waals surface area contributed by atoms with E-state index in [2.05, 4.69) is 48.4 Å². The average Bonchev–Trinajstić information content (AvgIpc) is 3.09. The maximum Gasteiger partial charge on any atom is 0.250 e. The summed E-state index contributed by atoms with van der Waals surface area (Å²) in [6.45, 7) is 6.53. The zero-order valence-corrected chi connectivity index (χ0v) is 15.9. The summed E-state index contributed by atoms with van der Waals surface area (Å²) < 4.78 is 0. The van der Waals surface area contributed by atoms with Crippen LogP contribution < -0.4 is 5.32 Å². The van der Waals surface area contributed by atoms with Crippen LogP contribution in [-0.2, 0) is 10.2 Å². The summed E-state index contributed by atoms with van der Waals surface area (Å²) >= 11 is 1.35. The van der Waals surface area contributed by atoms with E-state index in [0.717, 1.165) is 16.1 Å². The molecule has 5 heteroatoms. The SMILES string of the molecule is CC(C)(C)c1ccc(/C=C/C(=O)Nc2nnc(-c3ccccc3)s2)cc1. The van der Waals surface area contributed by atoms with Gasteiger partial charge >= 0.3 is 0 Å². The van der Waals surface area contributed by atoms with Crippen molar-refractivity contribution >= 4 is 28.5 Å². The van der Waals surface area contributed by atoms with Gasteiger partial charge in [0.15, 0.2) is 0 Å². The number of nitrogens with zero attached hydrogens (tertiary/aromatic N) is 2. The maximum absolute atomic E-state index is 12.1. The first-order valence-electron chi connectivity index (χ1n) is 8.40. The van der Waals surface area contributed by atoms with Crippen LogP contribution in [0.15, 0.2) is 60.7 Å². The molecule has 0 radical (unpaired) electrons. The maximum atomic E-state index is 12.1. The third-order valence-electron chi connectivity index (χ3n) is 3.88. The van der Waals surface area contributed by atoms with E-state index in [1.807, 2.05) is 42.5 Å². The van der Waals surface area contributed by atoms with Gasteiger partial charge in [0.1, 0.15) is 5.01 Å². The van der Waals surface area contributed by atoms with Gasteiger partial charge < -0.3 is 0 Å². The predicted octanol–water partition coefficient (Wildman–Crippen LogP) is 5.15. The van der Waals surface area contributed by atoms with Gasteiger partial charge in [0.05, 0.1) is 0 Å². The Morgan fingerprint density at radius 3 is 2.35 bits per heavy atom. The minimum Gasteiger partial charge on any atom is -0.297 e. The van der Waals surface area contributed by atoms with Crippen molar-refractivity contribution in [2.75, 3.05) is 5.32 Å². The lowest BCUT2D eigenvalue weighted by atomic mass is 9.87. The van der Waals surface area contributed by atoms with Gasteiger partial charge in [-0.25, -0.2) is 0 Å². The van der Waals surface area contributed by atoms with Crippen molar-refractivity contribution in [3.8, 4) is 10.6 Å². The summed E-state index contributed by atoms with van der Waals surface area (Å²) in [6.07, 6.45) is 3.30. The van der Waals surface area contributed by atoms with Crippen molar-refractivity contribution < 1.29 is 4.79 Å². The molecule has 0 atom stereocenters. The van der Waals surface area contributed by atoms with Crippen LogP contribution in [0.1, 0.15) is 31.9 Å². The number of carbonyl (C=O) groups is 1. The van der Waals surface area contributed by atoms with Crippen molar-refractivity contribution in [2.24, 2.45) is 0 Å². The van der Waals surface area contributed by atoms with Crippen molar-refractivity contribution in [3.63, 3.8) is 0 Å². The van der Waals surface area contributed by atoms with Crippen LogP contribution in [0.2, 0.25) is 0 Å². The molecule has 0 saturated heterocycles. The summed E-state index contributed by atoms with van der Waals surface area (Å²) in [5, 5.41) is 12.2. The Balaban J connectivity index is 1.62. The van der Waals surface area contributed by atoms with Crippen molar-refractivity contribution in [1.29, 1.82) is 0 Å². The van der Waals surface area contributed by atoms with Crippen LogP contribution in [0.25, 0.3) is 16.6 Å². The largest absolute Gasteiger partial charge is 0.297 e.